The Balaban J connectivity index is 1.73. The average molecular weight is 361 g/mol. The van der Waals surface area contributed by atoms with Crippen molar-refractivity contribution in [3.8, 4) is 0 Å². The lowest BCUT2D eigenvalue weighted by Gasteiger charge is -2.30. The second-order valence-corrected chi connectivity index (χ2v) is 7.48. The van der Waals surface area contributed by atoms with Crippen LogP contribution in [0.15, 0.2) is 23.0 Å². The fourth-order valence-corrected chi connectivity index (χ4v) is 4.96. The van der Waals surface area contributed by atoms with E-state index >= 15 is 0 Å². The molecule has 1 aliphatic carbocycles. The molecule has 3 aliphatic rings. The molecule has 1 aromatic rings. The van der Waals surface area contributed by atoms with Gasteiger partial charge in [-0.3, -0.25) is 4.79 Å². The monoisotopic (exact) mass is 361 g/mol. The van der Waals surface area contributed by atoms with Gasteiger partial charge in [0, 0.05) is 42.8 Å². The van der Waals surface area contributed by atoms with Crippen LogP contribution in [0.3, 0.4) is 0 Å². The summed E-state index contributed by atoms with van der Waals surface area (Å²) in [6, 6.07) is 2.88. The standard InChI is InChI=1S/C18H23N3O5/c22-9-12-11-8-20-13(6-3-7-14(20)23)15(11)21(16(12)17(24)25)18(26)19-10-4-1-2-5-10/h3,6-7,10-12,15-16,22H,1-2,4-5,8-9H2,(H,19,26)(H,24,25)/t11-,12-,15+,16-/m0/s1. The number of hydrogen-bond acceptors (Lipinski definition) is 4. The van der Waals surface area contributed by atoms with Crippen LogP contribution < -0.4 is 10.9 Å². The number of fused-ring (bicyclic) bond motifs is 3. The highest BCUT2D eigenvalue weighted by Crippen LogP contribution is 2.49. The lowest BCUT2D eigenvalue weighted by molar-refractivity contribution is -0.143. The number of likely N-dealkylation sites (tertiary alicyclic amines) is 1. The molecule has 8 heteroatoms. The van der Waals surface area contributed by atoms with Crippen molar-refractivity contribution in [3.05, 3.63) is 34.2 Å². The summed E-state index contributed by atoms with van der Waals surface area (Å²) in [5, 5.41) is 22.6. The highest BCUT2D eigenvalue weighted by atomic mass is 16.4. The van der Waals surface area contributed by atoms with Crippen LogP contribution in [0.5, 0.6) is 0 Å². The number of pyridine rings is 1. The van der Waals surface area contributed by atoms with Gasteiger partial charge in [-0.15, -0.1) is 0 Å². The van der Waals surface area contributed by atoms with Gasteiger partial charge in [0.1, 0.15) is 6.04 Å². The first-order valence-electron chi connectivity index (χ1n) is 9.15. The smallest absolute Gasteiger partial charge is 0.326 e. The molecule has 0 spiro atoms. The first kappa shape index (κ1) is 17.1. The van der Waals surface area contributed by atoms with Crippen LogP contribution in [0.25, 0.3) is 0 Å². The molecule has 4 rings (SSSR count). The number of aliphatic carboxylic acids is 1. The Kier molecular flexibility index (Phi) is 4.22. The van der Waals surface area contributed by atoms with Gasteiger partial charge in [-0.25, -0.2) is 9.59 Å². The predicted octanol–water partition coefficient (Wildman–Crippen LogP) is 0.549. The van der Waals surface area contributed by atoms with E-state index in [1.54, 1.807) is 16.7 Å². The van der Waals surface area contributed by atoms with E-state index in [0.29, 0.717) is 12.2 Å². The lowest BCUT2D eigenvalue weighted by Crippen LogP contribution is -2.51. The van der Waals surface area contributed by atoms with E-state index in [9.17, 15) is 24.6 Å². The third kappa shape index (κ3) is 2.51. The number of rotatable bonds is 3. The molecule has 0 radical (unpaired) electrons. The Morgan fingerprint density at radius 2 is 1.96 bits per heavy atom. The maximum Gasteiger partial charge on any atom is 0.326 e. The molecule has 0 unspecified atom stereocenters. The van der Waals surface area contributed by atoms with E-state index in [1.807, 2.05) is 0 Å². The molecule has 1 saturated carbocycles. The SMILES string of the molecule is O=C(O)[C@@H]1[C@@H](CO)[C@@H]2Cn3c(cccc3=O)[C@@H]2N1C(=O)NC1CCCC1. The number of amides is 2. The average Bonchev–Trinajstić information content (AvgIpc) is 3.29. The van der Waals surface area contributed by atoms with Crippen LogP contribution in [-0.2, 0) is 11.3 Å². The Bertz CT molecular complexity index is 785. The minimum Gasteiger partial charge on any atom is -0.480 e. The van der Waals surface area contributed by atoms with E-state index in [1.165, 1.54) is 11.0 Å². The number of carbonyl (C=O) groups excluding carboxylic acids is 1. The maximum absolute atomic E-state index is 13.0. The van der Waals surface area contributed by atoms with Crippen molar-refractivity contribution in [2.24, 2.45) is 11.8 Å². The second-order valence-electron chi connectivity index (χ2n) is 7.48. The van der Waals surface area contributed by atoms with Gasteiger partial charge in [-0.05, 0) is 18.9 Å². The van der Waals surface area contributed by atoms with Gasteiger partial charge >= 0.3 is 12.0 Å². The minimum absolute atomic E-state index is 0.0583. The Labute approximate surface area is 150 Å². The number of nitrogens with one attached hydrogen (secondary N) is 1. The van der Waals surface area contributed by atoms with Crippen molar-refractivity contribution in [1.82, 2.24) is 14.8 Å². The molecule has 140 valence electrons. The number of urea groups is 1. The van der Waals surface area contributed by atoms with Crippen molar-refractivity contribution in [1.29, 1.82) is 0 Å². The van der Waals surface area contributed by atoms with Crippen molar-refractivity contribution in [3.63, 3.8) is 0 Å². The summed E-state index contributed by atoms with van der Waals surface area (Å²) in [5.74, 6) is -2.01. The second kappa shape index (κ2) is 6.42. The maximum atomic E-state index is 13.0. The highest BCUT2D eigenvalue weighted by molar-refractivity contribution is 5.84. The van der Waals surface area contributed by atoms with Gasteiger partial charge in [0.05, 0.1) is 6.04 Å². The number of aromatic nitrogens is 1. The van der Waals surface area contributed by atoms with Crippen molar-refractivity contribution in [2.75, 3.05) is 6.61 Å². The largest absolute Gasteiger partial charge is 0.480 e. The molecule has 2 aliphatic heterocycles. The van der Waals surface area contributed by atoms with Gasteiger partial charge in [-0.1, -0.05) is 18.9 Å². The van der Waals surface area contributed by atoms with Crippen LogP contribution in [-0.4, -0.2) is 50.4 Å². The summed E-state index contributed by atoms with van der Waals surface area (Å²) < 4.78 is 1.59. The molecule has 0 aromatic carbocycles. The molecule has 1 saturated heterocycles. The summed E-state index contributed by atoms with van der Waals surface area (Å²) in [5.41, 5.74) is 0.475. The first-order chi connectivity index (χ1) is 12.5. The molecule has 2 amide bonds. The fraction of sp³-hybridized carbons (Fsp3) is 0.611. The van der Waals surface area contributed by atoms with Crippen LogP contribution in [0.1, 0.15) is 37.4 Å². The number of nitrogens with zero attached hydrogens (tertiary/aromatic N) is 2. The van der Waals surface area contributed by atoms with E-state index < -0.39 is 30.0 Å². The van der Waals surface area contributed by atoms with Gasteiger partial charge in [-0.2, -0.15) is 0 Å². The zero-order valence-electron chi connectivity index (χ0n) is 14.4. The molecule has 8 nitrogen and oxygen atoms in total. The normalized spacial score (nSPS) is 30.3. The third-order valence-electron chi connectivity index (χ3n) is 6.12. The molecular formula is C18H23N3O5. The molecule has 3 heterocycles. The number of carboxylic acids is 1. The number of hydrogen-bond donors (Lipinski definition) is 3. The van der Waals surface area contributed by atoms with Gasteiger partial charge < -0.3 is 25.0 Å². The molecule has 2 fully saturated rings. The van der Waals surface area contributed by atoms with E-state index in [0.717, 1.165) is 25.7 Å². The first-order valence-corrected chi connectivity index (χ1v) is 9.15. The van der Waals surface area contributed by atoms with Crippen LogP contribution in [0.2, 0.25) is 0 Å². The third-order valence-corrected chi connectivity index (χ3v) is 6.12. The fourth-order valence-electron chi connectivity index (χ4n) is 4.96. The van der Waals surface area contributed by atoms with E-state index in [4.69, 9.17) is 0 Å². The van der Waals surface area contributed by atoms with Crippen LogP contribution in [0.4, 0.5) is 4.79 Å². The zero-order valence-corrected chi connectivity index (χ0v) is 14.4. The molecular weight excluding hydrogens is 338 g/mol. The lowest BCUT2D eigenvalue weighted by atomic mass is 9.88. The highest BCUT2D eigenvalue weighted by Gasteiger charge is 2.57. The summed E-state index contributed by atoms with van der Waals surface area (Å²) >= 11 is 0. The van der Waals surface area contributed by atoms with Gasteiger partial charge in [0.25, 0.3) is 5.56 Å². The Hall–Kier alpha value is -2.35. The molecule has 4 atom stereocenters. The van der Waals surface area contributed by atoms with Crippen LogP contribution in [0, 0.1) is 11.8 Å². The minimum atomic E-state index is -1.12. The van der Waals surface area contributed by atoms with E-state index in [-0.39, 0.29) is 24.1 Å². The number of aliphatic hydroxyl groups is 1. The topological polar surface area (TPSA) is 112 Å². The van der Waals surface area contributed by atoms with Crippen molar-refractivity contribution >= 4 is 12.0 Å². The zero-order chi connectivity index (χ0) is 18.4. The number of carboxylic acid groups (broad SMARTS) is 1. The number of aliphatic hydroxyl groups excluding tert-OH is 1. The Morgan fingerprint density at radius 1 is 1.23 bits per heavy atom. The molecule has 0 bridgehead atoms. The van der Waals surface area contributed by atoms with Crippen molar-refractivity contribution in [2.45, 2.75) is 50.4 Å². The van der Waals surface area contributed by atoms with Gasteiger partial charge in [0.15, 0.2) is 0 Å². The van der Waals surface area contributed by atoms with Gasteiger partial charge in [0.2, 0.25) is 0 Å². The summed E-state index contributed by atoms with van der Waals surface area (Å²) in [6.07, 6.45) is 3.89. The predicted molar refractivity (Wildman–Crippen MR) is 91.6 cm³/mol. The molecule has 1 aromatic heterocycles. The quantitative estimate of drug-likeness (QED) is 0.728. The Morgan fingerprint density at radius 3 is 2.62 bits per heavy atom. The molecule has 3 N–H and O–H groups in total. The summed E-state index contributed by atoms with van der Waals surface area (Å²) in [6.45, 7) is -0.0179. The molecule has 26 heavy (non-hydrogen) atoms. The van der Waals surface area contributed by atoms with E-state index in [2.05, 4.69) is 5.32 Å². The summed E-state index contributed by atoms with van der Waals surface area (Å²) in [4.78, 5) is 38.5. The van der Waals surface area contributed by atoms with Crippen molar-refractivity contribution < 1.29 is 19.8 Å². The van der Waals surface area contributed by atoms with Crippen LogP contribution >= 0.6 is 0 Å². The summed E-state index contributed by atoms with van der Waals surface area (Å²) in [7, 11) is 0. The number of carbonyl (C=O) groups is 2.